The van der Waals surface area contributed by atoms with Gasteiger partial charge in [0.05, 0.1) is 11.9 Å². The number of carboxylic acid groups (broad SMARTS) is 1. The third-order valence-electron chi connectivity index (χ3n) is 4.79. The summed E-state index contributed by atoms with van der Waals surface area (Å²) in [4.78, 5) is 24.3. The number of carboxylic acids is 1. The molecule has 0 amide bonds. The van der Waals surface area contributed by atoms with E-state index in [1.165, 1.54) is 0 Å². The lowest BCUT2D eigenvalue weighted by molar-refractivity contribution is -0.139. The molecule has 0 aliphatic carbocycles. The van der Waals surface area contributed by atoms with Crippen LogP contribution in [0, 0.1) is 0 Å². The normalized spacial score (nSPS) is 16.0. The van der Waals surface area contributed by atoms with E-state index in [1.54, 1.807) is 18.6 Å². The van der Waals surface area contributed by atoms with Crippen LogP contribution in [-0.4, -0.2) is 70.2 Å². The first-order valence-corrected chi connectivity index (χ1v) is 9.34. The van der Waals surface area contributed by atoms with Gasteiger partial charge in [-0.25, -0.2) is 4.79 Å². The largest absolute Gasteiger partial charge is 0.482 e. The molecule has 1 aliphatic heterocycles. The number of ether oxygens (including phenoxy) is 1. The molecular weight excluding hydrogens is 344 g/mol. The first kappa shape index (κ1) is 19.3. The van der Waals surface area contributed by atoms with Crippen LogP contribution in [0.25, 0.3) is 11.3 Å². The Morgan fingerprint density at radius 3 is 2.74 bits per heavy atom. The smallest absolute Gasteiger partial charge is 0.341 e. The van der Waals surface area contributed by atoms with Crippen LogP contribution in [-0.2, 0) is 11.3 Å². The van der Waals surface area contributed by atoms with E-state index in [0.29, 0.717) is 5.75 Å². The van der Waals surface area contributed by atoms with Gasteiger partial charge in [0, 0.05) is 43.2 Å². The maximum atomic E-state index is 10.9. The minimum atomic E-state index is -0.979. The number of hydrogen-bond donors (Lipinski definition) is 1. The van der Waals surface area contributed by atoms with Crippen LogP contribution < -0.4 is 4.74 Å². The molecular formula is C20H26N4O3. The molecule has 2 heterocycles. The fraction of sp³-hybridized carbons (Fsp3) is 0.450. The second-order valence-corrected chi connectivity index (χ2v) is 6.66. The minimum Gasteiger partial charge on any atom is -0.482 e. The molecule has 1 aromatic carbocycles. The van der Waals surface area contributed by atoms with Crippen molar-refractivity contribution in [2.75, 3.05) is 39.3 Å². The summed E-state index contributed by atoms with van der Waals surface area (Å²) in [5.41, 5.74) is 2.71. The van der Waals surface area contributed by atoms with Crippen molar-refractivity contribution < 1.29 is 14.6 Å². The van der Waals surface area contributed by atoms with Crippen molar-refractivity contribution in [1.29, 1.82) is 0 Å². The van der Waals surface area contributed by atoms with Crippen LogP contribution in [0.4, 0.5) is 0 Å². The summed E-state index contributed by atoms with van der Waals surface area (Å²) in [5.74, 6) is -0.367. The van der Waals surface area contributed by atoms with Crippen molar-refractivity contribution >= 4 is 5.97 Å². The van der Waals surface area contributed by atoms with E-state index < -0.39 is 5.97 Å². The summed E-state index contributed by atoms with van der Waals surface area (Å²) < 4.78 is 5.53. The second kappa shape index (κ2) is 9.43. The Bertz CT molecular complexity index is 754. The highest BCUT2D eigenvalue weighted by molar-refractivity contribution is 5.69. The lowest BCUT2D eigenvalue weighted by Gasteiger charge is -2.22. The number of likely N-dealkylation sites (N-methyl/N-ethyl adjacent to an activating group) is 1. The Balaban J connectivity index is 1.81. The van der Waals surface area contributed by atoms with Crippen LogP contribution in [0.15, 0.2) is 36.8 Å². The zero-order valence-electron chi connectivity index (χ0n) is 15.7. The highest BCUT2D eigenvalue weighted by atomic mass is 16.5. The molecule has 1 aliphatic rings. The van der Waals surface area contributed by atoms with E-state index in [2.05, 4.69) is 26.7 Å². The Morgan fingerprint density at radius 1 is 1.19 bits per heavy atom. The molecule has 144 valence electrons. The summed E-state index contributed by atoms with van der Waals surface area (Å²) in [6.45, 7) is 7.81. The Kier molecular flexibility index (Phi) is 6.73. The maximum absolute atomic E-state index is 10.9. The van der Waals surface area contributed by atoms with Crippen molar-refractivity contribution in [2.24, 2.45) is 0 Å². The fourth-order valence-electron chi connectivity index (χ4n) is 3.33. The first-order valence-electron chi connectivity index (χ1n) is 9.34. The van der Waals surface area contributed by atoms with E-state index in [0.717, 1.165) is 62.5 Å². The third-order valence-corrected chi connectivity index (χ3v) is 4.79. The van der Waals surface area contributed by atoms with Crippen LogP contribution in [0.2, 0.25) is 0 Å². The first-order chi connectivity index (χ1) is 13.2. The van der Waals surface area contributed by atoms with Gasteiger partial charge in [-0.1, -0.05) is 6.92 Å². The highest BCUT2D eigenvalue weighted by Crippen LogP contribution is 2.27. The van der Waals surface area contributed by atoms with Crippen molar-refractivity contribution in [2.45, 2.75) is 19.9 Å². The Morgan fingerprint density at radius 2 is 2.00 bits per heavy atom. The van der Waals surface area contributed by atoms with Crippen molar-refractivity contribution in [3.63, 3.8) is 0 Å². The number of rotatable bonds is 7. The highest BCUT2D eigenvalue weighted by Gasteiger charge is 2.17. The van der Waals surface area contributed by atoms with Gasteiger partial charge in [0.15, 0.2) is 6.61 Å². The van der Waals surface area contributed by atoms with E-state index in [-0.39, 0.29) is 6.61 Å². The molecule has 1 saturated heterocycles. The van der Waals surface area contributed by atoms with E-state index in [9.17, 15) is 4.79 Å². The predicted molar refractivity (Wildman–Crippen MR) is 103 cm³/mol. The summed E-state index contributed by atoms with van der Waals surface area (Å²) in [6, 6.07) is 5.76. The van der Waals surface area contributed by atoms with Crippen LogP contribution in [0.3, 0.4) is 0 Å². The molecule has 1 N–H and O–H groups in total. The number of benzene rings is 1. The quantitative estimate of drug-likeness (QED) is 0.800. The molecule has 2 aromatic rings. The zero-order valence-corrected chi connectivity index (χ0v) is 15.7. The number of nitrogens with zero attached hydrogens (tertiary/aromatic N) is 4. The number of hydrogen-bond acceptors (Lipinski definition) is 6. The van der Waals surface area contributed by atoms with Crippen molar-refractivity contribution in [3.8, 4) is 17.0 Å². The van der Waals surface area contributed by atoms with Crippen LogP contribution in [0.1, 0.15) is 18.9 Å². The fourth-order valence-corrected chi connectivity index (χ4v) is 3.33. The standard InChI is InChI=1S/C20H26N4O3/c1-2-23-8-3-9-24(11-10-23)14-17-12-16(18-13-21-6-7-22-18)4-5-19(17)27-15-20(25)26/h4-7,12-13H,2-3,8-11,14-15H2,1H3,(H,25,26). The lowest BCUT2D eigenvalue weighted by atomic mass is 10.1. The summed E-state index contributed by atoms with van der Waals surface area (Å²) >= 11 is 0. The molecule has 0 radical (unpaired) electrons. The maximum Gasteiger partial charge on any atom is 0.341 e. The second-order valence-electron chi connectivity index (χ2n) is 6.66. The SMILES string of the molecule is CCN1CCCN(Cc2cc(-c3cnccn3)ccc2OCC(=O)O)CC1. The average Bonchev–Trinajstić information content (AvgIpc) is 2.92. The van der Waals surface area contributed by atoms with Gasteiger partial charge >= 0.3 is 5.97 Å². The van der Waals surface area contributed by atoms with Crippen molar-refractivity contribution in [1.82, 2.24) is 19.8 Å². The Hall–Kier alpha value is -2.51. The zero-order chi connectivity index (χ0) is 19.1. The molecule has 0 bridgehead atoms. The minimum absolute atomic E-state index is 0.346. The van der Waals surface area contributed by atoms with Gasteiger partial charge in [-0.05, 0) is 44.3 Å². The monoisotopic (exact) mass is 370 g/mol. The molecule has 27 heavy (non-hydrogen) atoms. The van der Waals surface area contributed by atoms with Gasteiger partial charge in [0.1, 0.15) is 5.75 Å². The molecule has 0 atom stereocenters. The van der Waals surface area contributed by atoms with Gasteiger partial charge in [-0.15, -0.1) is 0 Å². The summed E-state index contributed by atoms with van der Waals surface area (Å²) in [6.07, 6.45) is 6.16. The topological polar surface area (TPSA) is 78.8 Å². The molecule has 0 spiro atoms. The van der Waals surface area contributed by atoms with Gasteiger partial charge in [0.2, 0.25) is 0 Å². The number of carbonyl (C=O) groups is 1. The molecule has 1 fully saturated rings. The molecule has 7 nitrogen and oxygen atoms in total. The molecule has 7 heteroatoms. The van der Waals surface area contributed by atoms with E-state index in [1.807, 2.05) is 18.2 Å². The predicted octanol–water partition coefficient (Wildman–Crippen LogP) is 2.13. The summed E-state index contributed by atoms with van der Waals surface area (Å²) in [5, 5.41) is 8.95. The third kappa shape index (κ3) is 5.48. The number of aromatic nitrogens is 2. The average molecular weight is 370 g/mol. The molecule has 3 rings (SSSR count). The van der Waals surface area contributed by atoms with Crippen molar-refractivity contribution in [3.05, 3.63) is 42.4 Å². The van der Waals surface area contributed by atoms with Gasteiger partial charge in [-0.3, -0.25) is 14.9 Å². The molecule has 1 aromatic heterocycles. The van der Waals surface area contributed by atoms with Gasteiger partial charge in [-0.2, -0.15) is 0 Å². The Labute approximate surface area is 159 Å². The van der Waals surface area contributed by atoms with Crippen LogP contribution >= 0.6 is 0 Å². The van der Waals surface area contributed by atoms with Gasteiger partial charge in [0.25, 0.3) is 0 Å². The molecule has 0 saturated carbocycles. The van der Waals surface area contributed by atoms with E-state index in [4.69, 9.17) is 9.84 Å². The van der Waals surface area contributed by atoms with Gasteiger partial charge < -0.3 is 14.7 Å². The number of aliphatic carboxylic acids is 1. The molecule has 0 unspecified atom stereocenters. The van der Waals surface area contributed by atoms with Crippen LogP contribution in [0.5, 0.6) is 5.75 Å². The summed E-state index contributed by atoms with van der Waals surface area (Å²) in [7, 11) is 0. The lowest BCUT2D eigenvalue weighted by Crippen LogP contribution is -2.30. The van der Waals surface area contributed by atoms with E-state index >= 15 is 0 Å².